The molecule has 0 spiro atoms. The van der Waals surface area contributed by atoms with Crippen LogP contribution in [0.25, 0.3) is 0 Å². The van der Waals surface area contributed by atoms with Crippen molar-refractivity contribution in [3.05, 3.63) is 51.3 Å². The zero-order valence-corrected chi connectivity index (χ0v) is 13.9. The van der Waals surface area contributed by atoms with Gasteiger partial charge >= 0.3 is 11.7 Å². The van der Waals surface area contributed by atoms with E-state index in [-0.39, 0.29) is 31.0 Å². The number of rotatable bonds is 5. The highest BCUT2D eigenvalue weighted by atomic mass is 19.1. The van der Waals surface area contributed by atoms with Crippen molar-refractivity contribution in [1.82, 2.24) is 24.4 Å². The summed E-state index contributed by atoms with van der Waals surface area (Å²) in [5, 5.41) is 0. The maximum atomic E-state index is 12.8. The lowest BCUT2D eigenvalue weighted by atomic mass is 10.1. The van der Waals surface area contributed by atoms with Gasteiger partial charge in [0, 0.05) is 31.8 Å². The Kier molecular flexibility index (Phi) is 5.40. The van der Waals surface area contributed by atoms with E-state index < -0.39 is 17.1 Å². The summed E-state index contributed by atoms with van der Waals surface area (Å²) in [5.74, 6) is -0.660. The van der Waals surface area contributed by atoms with Gasteiger partial charge in [-0.1, -0.05) is 0 Å². The van der Waals surface area contributed by atoms with Crippen LogP contribution >= 0.6 is 0 Å². The SMILES string of the molecule is O=C(CCn1ccc(=O)[nH]c1=O)N1CCCC(Oc2ncc(F)cn2)C1. The summed E-state index contributed by atoms with van der Waals surface area (Å²) in [7, 11) is 0. The Hall–Kier alpha value is -3.04. The molecule has 2 aromatic rings. The number of aryl methyl sites for hydroxylation is 1. The van der Waals surface area contributed by atoms with Gasteiger partial charge in [-0.3, -0.25) is 14.6 Å². The van der Waals surface area contributed by atoms with Crippen LogP contribution in [0.5, 0.6) is 6.01 Å². The van der Waals surface area contributed by atoms with Gasteiger partial charge in [0.15, 0.2) is 5.82 Å². The van der Waals surface area contributed by atoms with Gasteiger partial charge < -0.3 is 14.2 Å². The molecule has 138 valence electrons. The highest BCUT2D eigenvalue weighted by molar-refractivity contribution is 5.76. The van der Waals surface area contributed by atoms with Gasteiger partial charge in [-0.2, -0.15) is 0 Å². The average Bonchev–Trinajstić information content (AvgIpc) is 2.63. The number of carbonyl (C=O) groups is 1. The van der Waals surface area contributed by atoms with Gasteiger partial charge in [0.05, 0.1) is 18.9 Å². The number of H-pyrrole nitrogens is 1. The molecule has 1 fully saturated rings. The number of ether oxygens (including phenoxy) is 1. The molecule has 26 heavy (non-hydrogen) atoms. The van der Waals surface area contributed by atoms with Crippen molar-refractivity contribution in [2.75, 3.05) is 13.1 Å². The van der Waals surface area contributed by atoms with Crippen LogP contribution in [0.15, 0.2) is 34.2 Å². The van der Waals surface area contributed by atoms with Gasteiger partial charge in [0.25, 0.3) is 5.56 Å². The number of halogens is 1. The van der Waals surface area contributed by atoms with Crippen molar-refractivity contribution in [2.45, 2.75) is 31.9 Å². The van der Waals surface area contributed by atoms with Crippen molar-refractivity contribution >= 4 is 5.91 Å². The summed E-state index contributed by atoms with van der Waals surface area (Å²) in [6, 6.07) is 1.31. The van der Waals surface area contributed by atoms with E-state index in [1.165, 1.54) is 16.8 Å². The highest BCUT2D eigenvalue weighted by Crippen LogP contribution is 2.16. The van der Waals surface area contributed by atoms with E-state index >= 15 is 0 Å². The van der Waals surface area contributed by atoms with Crippen molar-refractivity contribution in [1.29, 1.82) is 0 Å². The summed E-state index contributed by atoms with van der Waals surface area (Å²) in [4.78, 5) is 46.4. The Morgan fingerprint density at radius 3 is 2.85 bits per heavy atom. The molecule has 1 unspecified atom stereocenters. The normalized spacial score (nSPS) is 17.1. The van der Waals surface area contributed by atoms with Crippen LogP contribution in [0.2, 0.25) is 0 Å². The molecule has 1 amide bonds. The van der Waals surface area contributed by atoms with Crippen LogP contribution < -0.4 is 16.0 Å². The minimum atomic E-state index is -0.546. The molecule has 10 heteroatoms. The zero-order chi connectivity index (χ0) is 18.5. The minimum absolute atomic E-state index is 0.0745. The van der Waals surface area contributed by atoms with Gasteiger partial charge in [-0.05, 0) is 12.8 Å². The van der Waals surface area contributed by atoms with E-state index in [0.717, 1.165) is 25.2 Å². The van der Waals surface area contributed by atoms with E-state index in [2.05, 4.69) is 15.0 Å². The van der Waals surface area contributed by atoms with E-state index in [4.69, 9.17) is 4.74 Å². The number of hydrogen-bond donors (Lipinski definition) is 1. The van der Waals surface area contributed by atoms with Crippen molar-refractivity contribution in [3.8, 4) is 6.01 Å². The number of likely N-dealkylation sites (tertiary alicyclic amines) is 1. The summed E-state index contributed by atoms with van der Waals surface area (Å²) >= 11 is 0. The van der Waals surface area contributed by atoms with E-state index in [0.29, 0.717) is 13.1 Å². The van der Waals surface area contributed by atoms with Gasteiger partial charge in [0.2, 0.25) is 5.91 Å². The first kappa shape index (κ1) is 17.8. The third kappa shape index (κ3) is 4.52. The van der Waals surface area contributed by atoms with Crippen LogP contribution in [0, 0.1) is 5.82 Å². The van der Waals surface area contributed by atoms with Gasteiger partial charge in [-0.25, -0.2) is 19.2 Å². The zero-order valence-electron chi connectivity index (χ0n) is 13.9. The molecular weight excluding hydrogens is 345 g/mol. The fourth-order valence-electron chi connectivity index (χ4n) is 2.77. The largest absolute Gasteiger partial charge is 0.458 e. The quantitative estimate of drug-likeness (QED) is 0.796. The second-order valence-electron chi connectivity index (χ2n) is 5.96. The highest BCUT2D eigenvalue weighted by Gasteiger charge is 2.25. The maximum absolute atomic E-state index is 12.8. The minimum Gasteiger partial charge on any atom is -0.458 e. The number of aromatic amines is 1. The Balaban J connectivity index is 1.54. The third-order valence-electron chi connectivity index (χ3n) is 4.06. The molecule has 0 bridgehead atoms. The first-order valence-corrected chi connectivity index (χ1v) is 8.23. The van der Waals surface area contributed by atoms with E-state index in [1.807, 2.05) is 0 Å². The Labute approximate surface area is 147 Å². The first-order chi connectivity index (χ1) is 12.5. The lowest BCUT2D eigenvalue weighted by Crippen LogP contribution is -2.45. The molecule has 0 saturated carbocycles. The van der Waals surface area contributed by atoms with Crippen molar-refractivity contribution in [2.24, 2.45) is 0 Å². The predicted molar refractivity (Wildman–Crippen MR) is 88.2 cm³/mol. The number of aromatic nitrogens is 4. The molecule has 0 radical (unpaired) electrons. The number of nitrogens with one attached hydrogen (secondary N) is 1. The number of amides is 1. The Morgan fingerprint density at radius 1 is 1.35 bits per heavy atom. The summed E-state index contributed by atoms with van der Waals surface area (Å²) < 4.78 is 19.7. The fourth-order valence-corrected chi connectivity index (χ4v) is 2.77. The van der Waals surface area contributed by atoms with Crippen LogP contribution in [0.1, 0.15) is 19.3 Å². The molecule has 1 aliphatic rings. The molecule has 0 aliphatic carbocycles. The number of piperidine rings is 1. The van der Waals surface area contributed by atoms with Crippen LogP contribution in [-0.2, 0) is 11.3 Å². The average molecular weight is 363 g/mol. The summed E-state index contributed by atoms with van der Waals surface area (Å²) in [5.41, 5.74) is -1.02. The molecule has 0 aromatic carbocycles. The maximum Gasteiger partial charge on any atom is 0.328 e. The molecule has 1 aliphatic heterocycles. The monoisotopic (exact) mass is 363 g/mol. The molecule has 3 rings (SSSR count). The van der Waals surface area contributed by atoms with Gasteiger partial charge in [0.1, 0.15) is 6.10 Å². The summed E-state index contributed by atoms with van der Waals surface area (Å²) in [6.07, 6.45) is 4.77. The molecule has 9 nitrogen and oxygen atoms in total. The molecular formula is C16H18FN5O4. The number of carbonyl (C=O) groups excluding carboxylic acids is 1. The second-order valence-corrected chi connectivity index (χ2v) is 5.96. The molecule has 2 aromatic heterocycles. The third-order valence-corrected chi connectivity index (χ3v) is 4.06. The summed E-state index contributed by atoms with van der Waals surface area (Å²) in [6.45, 7) is 1.15. The van der Waals surface area contributed by atoms with E-state index in [1.54, 1.807) is 4.90 Å². The van der Waals surface area contributed by atoms with E-state index in [9.17, 15) is 18.8 Å². The smallest absolute Gasteiger partial charge is 0.328 e. The fraction of sp³-hybridized carbons (Fsp3) is 0.438. The molecule has 1 N–H and O–H groups in total. The number of hydrogen-bond acceptors (Lipinski definition) is 6. The van der Waals surface area contributed by atoms with Crippen LogP contribution in [0.4, 0.5) is 4.39 Å². The van der Waals surface area contributed by atoms with Gasteiger partial charge in [-0.15, -0.1) is 0 Å². The van der Waals surface area contributed by atoms with Crippen LogP contribution in [0.3, 0.4) is 0 Å². The standard InChI is InChI=1S/C16H18FN5O4/c17-11-8-18-15(19-9-11)26-12-2-1-5-22(10-12)14(24)4-7-21-6-3-13(23)20-16(21)25/h3,6,8-9,12H,1-2,4-5,7,10H2,(H,20,23,25). The Bertz CT molecular complexity index is 879. The predicted octanol–water partition coefficient (Wildman–Crippen LogP) is -0.0742. The Morgan fingerprint density at radius 2 is 2.12 bits per heavy atom. The van der Waals surface area contributed by atoms with Crippen molar-refractivity contribution < 1.29 is 13.9 Å². The topological polar surface area (TPSA) is 110 Å². The number of nitrogens with zero attached hydrogens (tertiary/aromatic N) is 4. The van der Waals surface area contributed by atoms with Crippen molar-refractivity contribution in [3.63, 3.8) is 0 Å². The molecule has 1 saturated heterocycles. The van der Waals surface area contributed by atoms with Crippen LogP contribution in [-0.4, -0.2) is 49.5 Å². The lowest BCUT2D eigenvalue weighted by molar-refractivity contribution is -0.134. The molecule has 1 atom stereocenters. The molecule has 3 heterocycles. The first-order valence-electron chi connectivity index (χ1n) is 8.23. The second kappa shape index (κ2) is 7.89. The lowest BCUT2D eigenvalue weighted by Gasteiger charge is -2.32.